The molecule has 2 aromatic carbocycles. The molecule has 0 aromatic heterocycles. The van der Waals surface area contributed by atoms with E-state index in [1.807, 2.05) is 6.08 Å². The van der Waals surface area contributed by atoms with Gasteiger partial charge in [-0.05, 0) is 35.8 Å². The van der Waals surface area contributed by atoms with E-state index in [-0.39, 0.29) is 0 Å². The molecule has 0 radical (unpaired) electrons. The molecular formula is C22H26OSi. The first kappa shape index (κ1) is 18.1. The van der Waals surface area contributed by atoms with Crippen LogP contribution in [-0.4, -0.2) is 15.2 Å². The number of methoxy groups -OCH3 is 1. The largest absolute Gasteiger partial charge is 0.505 e. The first-order valence-corrected chi connectivity index (χ1v) is 11.8. The van der Waals surface area contributed by atoms with Gasteiger partial charge in [0.1, 0.15) is 0 Å². The summed E-state index contributed by atoms with van der Waals surface area (Å²) in [6.45, 7) is 7.09. The highest BCUT2D eigenvalue weighted by molar-refractivity contribution is 6.88. The molecule has 124 valence electrons. The van der Waals surface area contributed by atoms with Gasteiger partial charge in [-0.1, -0.05) is 73.1 Å². The van der Waals surface area contributed by atoms with Gasteiger partial charge >= 0.3 is 0 Å². The Balaban J connectivity index is 2.07. The van der Waals surface area contributed by atoms with Crippen molar-refractivity contribution in [1.29, 1.82) is 0 Å². The first-order valence-electron chi connectivity index (χ1n) is 8.34. The molecular weight excluding hydrogens is 308 g/mol. The molecule has 0 saturated carbocycles. The number of hydrogen-bond donors (Lipinski definition) is 0. The molecule has 2 rings (SSSR count). The number of ether oxygens (including phenoxy) is 1. The zero-order valence-electron chi connectivity index (χ0n) is 15.1. The van der Waals surface area contributed by atoms with Crippen molar-refractivity contribution in [3.8, 4) is 11.8 Å². The van der Waals surface area contributed by atoms with Crippen LogP contribution in [0.15, 0.2) is 60.9 Å². The van der Waals surface area contributed by atoms with Crippen LogP contribution < -0.4 is 5.19 Å². The molecule has 0 saturated heterocycles. The molecule has 0 aliphatic carbocycles. The molecule has 2 aromatic rings. The Morgan fingerprint density at radius 3 is 2.25 bits per heavy atom. The second-order valence-corrected chi connectivity index (χ2v) is 12.0. The second kappa shape index (κ2) is 8.56. The van der Waals surface area contributed by atoms with Gasteiger partial charge in [0.2, 0.25) is 0 Å². The summed E-state index contributed by atoms with van der Waals surface area (Å²) in [5.41, 5.74) is 3.67. The van der Waals surface area contributed by atoms with Crippen molar-refractivity contribution < 1.29 is 4.74 Å². The minimum absolute atomic E-state index is 0.771. The van der Waals surface area contributed by atoms with E-state index < -0.39 is 8.07 Å². The molecule has 0 atom stereocenters. The Labute approximate surface area is 147 Å². The monoisotopic (exact) mass is 334 g/mol. The Kier molecular flexibility index (Phi) is 6.46. The molecule has 0 bridgehead atoms. The van der Waals surface area contributed by atoms with Crippen LogP contribution in [0.2, 0.25) is 19.6 Å². The van der Waals surface area contributed by atoms with Gasteiger partial charge < -0.3 is 4.74 Å². The van der Waals surface area contributed by atoms with Crippen LogP contribution in [0.5, 0.6) is 0 Å². The Hall–Kier alpha value is -2.24. The quantitative estimate of drug-likeness (QED) is 0.443. The molecule has 1 nitrogen and oxygen atoms in total. The minimum atomic E-state index is -1.23. The van der Waals surface area contributed by atoms with Crippen LogP contribution in [0.25, 0.3) is 0 Å². The summed E-state index contributed by atoms with van der Waals surface area (Å²) in [6.07, 6.45) is 5.40. The third-order valence-electron chi connectivity index (χ3n) is 3.95. The molecule has 0 heterocycles. The molecule has 0 amide bonds. The highest BCUT2D eigenvalue weighted by Gasteiger charge is 2.15. The van der Waals surface area contributed by atoms with Crippen molar-refractivity contribution in [2.45, 2.75) is 32.5 Å². The lowest BCUT2D eigenvalue weighted by molar-refractivity contribution is 0.337. The average molecular weight is 335 g/mol. The molecule has 24 heavy (non-hydrogen) atoms. The predicted molar refractivity (Wildman–Crippen MR) is 106 cm³/mol. The Morgan fingerprint density at radius 1 is 0.958 bits per heavy atom. The number of rotatable bonds is 5. The van der Waals surface area contributed by atoms with E-state index in [0.717, 1.165) is 18.4 Å². The number of allylic oxidation sites excluding steroid dienone is 1. The summed E-state index contributed by atoms with van der Waals surface area (Å²) in [7, 11) is 0.439. The number of hydrogen-bond acceptors (Lipinski definition) is 1. The van der Waals surface area contributed by atoms with E-state index in [4.69, 9.17) is 4.74 Å². The van der Waals surface area contributed by atoms with Gasteiger partial charge in [-0.25, -0.2) is 0 Å². The lowest BCUT2D eigenvalue weighted by Gasteiger charge is -2.15. The fourth-order valence-electron chi connectivity index (χ4n) is 2.50. The third kappa shape index (κ3) is 5.44. The van der Waals surface area contributed by atoms with Crippen LogP contribution in [-0.2, 0) is 17.6 Å². The molecule has 0 N–H and O–H groups in total. The molecule has 0 spiro atoms. The van der Waals surface area contributed by atoms with E-state index in [1.54, 1.807) is 13.4 Å². The zero-order chi connectivity index (χ0) is 17.4. The van der Waals surface area contributed by atoms with E-state index >= 15 is 0 Å². The third-order valence-corrected chi connectivity index (χ3v) is 6.02. The van der Waals surface area contributed by atoms with Crippen molar-refractivity contribution in [2.24, 2.45) is 0 Å². The summed E-state index contributed by atoms with van der Waals surface area (Å²) < 4.78 is 4.97. The Morgan fingerprint density at radius 2 is 1.62 bits per heavy atom. The standard InChI is InChI=1S/C22H26OSi/c1-23-18-8-13-21-11-6-5-10-20(21)12-7-9-19-14-16-22(17-15-19)24(2,3)4/h5-6,8,10-11,14-18H,12-13H2,1-4H3/b18-8+. The van der Waals surface area contributed by atoms with Crippen LogP contribution >= 0.6 is 0 Å². The molecule has 0 aliphatic heterocycles. The summed E-state index contributed by atoms with van der Waals surface area (Å²) in [4.78, 5) is 0. The Bertz CT molecular complexity index is 740. The fraction of sp³-hybridized carbons (Fsp3) is 0.273. The molecule has 0 fully saturated rings. The van der Waals surface area contributed by atoms with E-state index in [9.17, 15) is 0 Å². The summed E-state index contributed by atoms with van der Waals surface area (Å²) in [5, 5.41) is 1.48. The lowest BCUT2D eigenvalue weighted by Crippen LogP contribution is -2.37. The van der Waals surface area contributed by atoms with E-state index in [0.29, 0.717) is 0 Å². The average Bonchev–Trinajstić information content (AvgIpc) is 2.56. The van der Waals surface area contributed by atoms with Crippen molar-refractivity contribution >= 4 is 13.3 Å². The van der Waals surface area contributed by atoms with E-state index in [2.05, 4.69) is 80.0 Å². The van der Waals surface area contributed by atoms with Crippen molar-refractivity contribution in [1.82, 2.24) is 0 Å². The van der Waals surface area contributed by atoms with Crippen LogP contribution in [0.3, 0.4) is 0 Å². The van der Waals surface area contributed by atoms with Crippen LogP contribution in [0.1, 0.15) is 16.7 Å². The van der Waals surface area contributed by atoms with Gasteiger partial charge in [-0.15, -0.1) is 0 Å². The van der Waals surface area contributed by atoms with Gasteiger partial charge in [0.05, 0.1) is 21.4 Å². The first-order chi connectivity index (χ1) is 11.5. The van der Waals surface area contributed by atoms with Crippen LogP contribution in [0.4, 0.5) is 0 Å². The highest BCUT2D eigenvalue weighted by Crippen LogP contribution is 2.11. The topological polar surface area (TPSA) is 9.23 Å². The maximum Gasteiger partial charge on any atom is 0.0788 e. The maximum absolute atomic E-state index is 4.97. The second-order valence-electron chi connectivity index (χ2n) is 6.89. The van der Waals surface area contributed by atoms with Gasteiger partial charge in [-0.3, -0.25) is 0 Å². The van der Waals surface area contributed by atoms with Gasteiger partial charge in [-0.2, -0.15) is 0 Å². The predicted octanol–water partition coefficient (Wildman–Crippen LogP) is 4.53. The fourth-order valence-corrected chi connectivity index (χ4v) is 3.66. The molecule has 2 heteroatoms. The van der Waals surface area contributed by atoms with E-state index in [1.165, 1.54) is 16.3 Å². The summed E-state index contributed by atoms with van der Waals surface area (Å²) >= 11 is 0. The van der Waals surface area contributed by atoms with Crippen LogP contribution in [0, 0.1) is 11.8 Å². The normalized spacial score (nSPS) is 11.2. The summed E-state index contributed by atoms with van der Waals surface area (Å²) in [5.74, 6) is 6.60. The minimum Gasteiger partial charge on any atom is -0.505 e. The van der Waals surface area contributed by atoms with Gasteiger partial charge in [0.25, 0.3) is 0 Å². The lowest BCUT2D eigenvalue weighted by atomic mass is 10.0. The maximum atomic E-state index is 4.97. The van der Waals surface area contributed by atoms with Crippen molar-refractivity contribution in [3.05, 3.63) is 77.6 Å². The molecule has 0 unspecified atom stereocenters. The smallest absolute Gasteiger partial charge is 0.0788 e. The SMILES string of the molecule is CO/C=C/Cc1ccccc1CC#Cc1ccc([Si](C)(C)C)cc1. The molecule has 0 aliphatic rings. The van der Waals surface area contributed by atoms with Crippen molar-refractivity contribution in [3.63, 3.8) is 0 Å². The zero-order valence-corrected chi connectivity index (χ0v) is 16.1. The van der Waals surface area contributed by atoms with Gasteiger partial charge in [0, 0.05) is 12.0 Å². The number of benzene rings is 2. The highest BCUT2D eigenvalue weighted by atomic mass is 28.3. The van der Waals surface area contributed by atoms with Crippen molar-refractivity contribution in [2.75, 3.05) is 7.11 Å². The summed E-state index contributed by atoms with van der Waals surface area (Å²) in [6, 6.07) is 17.2. The van der Waals surface area contributed by atoms with Gasteiger partial charge in [0.15, 0.2) is 0 Å².